The van der Waals surface area contributed by atoms with Gasteiger partial charge in [0.25, 0.3) is 0 Å². The first-order chi connectivity index (χ1) is 14.0. The maximum Gasteiger partial charge on any atom is 0.323 e. The lowest BCUT2D eigenvalue weighted by Gasteiger charge is -2.36. The molecule has 2 aromatic carbocycles. The molecule has 0 aromatic heterocycles. The smallest absolute Gasteiger partial charge is 0.323 e. The molecule has 0 radical (unpaired) electrons. The molecule has 29 heavy (non-hydrogen) atoms. The molecule has 0 aliphatic heterocycles. The monoisotopic (exact) mass is 395 g/mol. The number of hydrogen-bond donors (Lipinski definition) is 1. The largest absolute Gasteiger partial charge is 0.494 e. The van der Waals surface area contributed by atoms with Gasteiger partial charge in [0.15, 0.2) is 0 Å². The van der Waals surface area contributed by atoms with Crippen LogP contribution >= 0.6 is 0 Å². The number of carbonyl (C=O) groups is 1. The second kappa shape index (κ2) is 11.4. The summed E-state index contributed by atoms with van der Waals surface area (Å²) in [4.78, 5) is 13.7. The van der Waals surface area contributed by atoms with Crippen molar-refractivity contribution in [2.75, 3.05) is 19.7 Å². The third-order valence-electron chi connectivity index (χ3n) is 5.46. The third kappa shape index (κ3) is 6.75. The van der Waals surface area contributed by atoms with Crippen LogP contribution < -0.4 is 4.74 Å². The van der Waals surface area contributed by atoms with Gasteiger partial charge >= 0.3 is 5.97 Å². The van der Waals surface area contributed by atoms with Gasteiger partial charge in [-0.2, -0.15) is 0 Å². The molecule has 0 amide bonds. The molecule has 0 fully saturated rings. The quantitative estimate of drug-likeness (QED) is 0.375. The molecule has 0 spiro atoms. The average Bonchev–Trinajstić information content (AvgIpc) is 2.74. The van der Waals surface area contributed by atoms with E-state index in [0.29, 0.717) is 26.1 Å². The normalized spacial score (nSPS) is 13.1. The fraction of sp³-hybridized carbons (Fsp3) is 0.400. The van der Waals surface area contributed by atoms with Crippen molar-refractivity contribution in [3.63, 3.8) is 0 Å². The average molecular weight is 396 g/mol. The molecule has 156 valence electrons. The van der Waals surface area contributed by atoms with Gasteiger partial charge in [0.1, 0.15) is 11.3 Å². The number of ether oxygens (including phenoxy) is 1. The second-order valence-electron chi connectivity index (χ2n) is 7.53. The van der Waals surface area contributed by atoms with Crippen LogP contribution in [0.4, 0.5) is 0 Å². The van der Waals surface area contributed by atoms with Gasteiger partial charge in [-0.1, -0.05) is 55.5 Å². The number of carboxylic acid groups (broad SMARTS) is 1. The summed E-state index contributed by atoms with van der Waals surface area (Å²) >= 11 is 0. The van der Waals surface area contributed by atoms with E-state index < -0.39 is 11.5 Å². The van der Waals surface area contributed by atoms with E-state index in [-0.39, 0.29) is 0 Å². The highest BCUT2D eigenvalue weighted by Gasteiger charge is 2.36. The number of benzene rings is 2. The first-order valence-corrected chi connectivity index (χ1v) is 10.3. The minimum Gasteiger partial charge on any atom is -0.494 e. The van der Waals surface area contributed by atoms with E-state index in [2.05, 4.69) is 43.0 Å². The van der Waals surface area contributed by atoms with Crippen molar-refractivity contribution < 1.29 is 14.6 Å². The predicted octanol–water partition coefficient (Wildman–Crippen LogP) is 5.18. The van der Waals surface area contributed by atoms with E-state index in [1.165, 1.54) is 11.1 Å². The Morgan fingerprint density at radius 2 is 1.76 bits per heavy atom. The molecule has 2 rings (SSSR count). The lowest BCUT2D eigenvalue weighted by atomic mass is 9.96. The van der Waals surface area contributed by atoms with Crippen molar-refractivity contribution in [1.82, 2.24) is 4.90 Å². The van der Waals surface area contributed by atoms with E-state index in [4.69, 9.17) is 4.74 Å². The number of rotatable bonds is 13. The summed E-state index contributed by atoms with van der Waals surface area (Å²) in [6, 6.07) is 18.7. The summed E-state index contributed by atoms with van der Waals surface area (Å²) in [6.07, 6.45) is 4.99. The van der Waals surface area contributed by atoms with Crippen molar-refractivity contribution in [2.24, 2.45) is 0 Å². The summed E-state index contributed by atoms with van der Waals surface area (Å²) in [5.41, 5.74) is 1.70. The van der Waals surface area contributed by atoms with Crippen molar-refractivity contribution in [2.45, 2.75) is 45.1 Å². The van der Waals surface area contributed by atoms with Gasteiger partial charge in [-0.25, -0.2) is 0 Å². The second-order valence-corrected chi connectivity index (χ2v) is 7.53. The Hall–Kier alpha value is -2.59. The lowest BCUT2D eigenvalue weighted by Crippen LogP contribution is -2.52. The van der Waals surface area contributed by atoms with E-state index in [1.807, 2.05) is 30.0 Å². The number of unbranched alkanes of at least 4 members (excludes halogenated alkanes) is 1. The van der Waals surface area contributed by atoms with E-state index in [0.717, 1.165) is 25.0 Å². The molecule has 4 nitrogen and oxygen atoms in total. The Kier molecular flexibility index (Phi) is 8.94. The van der Waals surface area contributed by atoms with Gasteiger partial charge in [0.2, 0.25) is 0 Å². The Bertz CT molecular complexity index is 757. The standard InChI is InChI=1S/C25H33NO3/c1-4-17-26(25(3,5-2)24(27)28)18-9-10-19-29-23-15-13-22(14-16-23)20-21-11-7-6-8-12-21/h4,6-8,11-16H,1,5,9-10,17-20H2,2-3H3,(H,27,28). The van der Waals surface area contributed by atoms with Crippen LogP contribution in [0, 0.1) is 0 Å². The molecule has 0 aliphatic rings. The molecule has 4 heteroatoms. The van der Waals surface area contributed by atoms with Crippen LogP contribution in [0.15, 0.2) is 67.3 Å². The Morgan fingerprint density at radius 3 is 2.34 bits per heavy atom. The fourth-order valence-electron chi connectivity index (χ4n) is 3.34. The summed E-state index contributed by atoms with van der Waals surface area (Å²) in [5, 5.41) is 9.60. The minimum atomic E-state index is -0.858. The van der Waals surface area contributed by atoms with Gasteiger partial charge in [0.05, 0.1) is 6.61 Å². The molecular weight excluding hydrogens is 362 g/mol. The van der Waals surface area contributed by atoms with Crippen molar-refractivity contribution in [1.29, 1.82) is 0 Å². The molecule has 0 heterocycles. The first kappa shape index (κ1) is 22.7. The maximum atomic E-state index is 11.7. The van der Waals surface area contributed by atoms with Crippen molar-refractivity contribution >= 4 is 5.97 Å². The van der Waals surface area contributed by atoms with Crippen LogP contribution in [0.2, 0.25) is 0 Å². The molecule has 1 atom stereocenters. The van der Waals surface area contributed by atoms with Gasteiger partial charge in [-0.05, 0) is 62.4 Å². The van der Waals surface area contributed by atoms with E-state index in [9.17, 15) is 9.90 Å². The highest BCUT2D eigenvalue weighted by Crippen LogP contribution is 2.21. The van der Waals surface area contributed by atoms with Crippen LogP contribution in [0.25, 0.3) is 0 Å². The molecule has 0 saturated carbocycles. The summed E-state index contributed by atoms with van der Waals surface area (Å²) < 4.78 is 5.86. The van der Waals surface area contributed by atoms with Crippen molar-refractivity contribution in [3.05, 3.63) is 78.4 Å². The van der Waals surface area contributed by atoms with E-state index >= 15 is 0 Å². The lowest BCUT2D eigenvalue weighted by molar-refractivity contribution is -0.150. The van der Waals surface area contributed by atoms with Crippen LogP contribution in [0.5, 0.6) is 5.75 Å². The summed E-state index contributed by atoms with van der Waals surface area (Å²) in [6.45, 7) is 9.36. The van der Waals surface area contributed by atoms with Crippen molar-refractivity contribution in [3.8, 4) is 5.75 Å². The van der Waals surface area contributed by atoms with Gasteiger partial charge in [0, 0.05) is 6.54 Å². The number of aliphatic carboxylic acids is 1. The zero-order chi connectivity index (χ0) is 21.1. The highest BCUT2D eigenvalue weighted by atomic mass is 16.5. The zero-order valence-corrected chi connectivity index (χ0v) is 17.6. The Morgan fingerprint density at radius 1 is 1.10 bits per heavy atom. The molecular formula is C25H33NO3. The predicted molar refractivity (Wildman–Crippen MR) is 119 cm³/mol. The highest BCUT2D eigenvalue weighted by molar-refractivity contribution is 5.78. The minimum absolute atomic E-state index is 0.558. The number of carboxylic acids is 1. The topological polar surface area (TPSA) is 49.8 Å². The van der Waals surface area contributed by atoms with Crippen LogP contribution in [0.3, 0.4) is 0 Å². The number of nitrogens with zero attached hydrogens (tertiary/aromatic N) is 1. The zero-order valence-electron chi connectivity index (χ0n) is 17.6. The molecule has 0 aliphatic carbocycles. The Labute approximate surface area is 174 Å². The van der Waals surface area contributed by atoms with Crippen LogP contribution in [-0.2, 0) is 11.2 Å². The van der Waals surface area contributed by atoms with E-state index in [1.54, 1.807) is 13.0 Å². The van der Waals surface area contributed by atoms with Gasteiger partial charge < -0.3 is 9.84 Å². The summed E-state index contributed by atoms with van der Waals surface area (Å²) in [7, 11) is 0. The Balaban J connectivity index is 1.76. The number of hydrogen-bond acceptors (Lipinski definition) is 3. The molecule has 2 aromatic rings. The molecule has 0 saturated heterocycles. The molecule has 0 bridgehead atoms. The SMILES string of the molecule is C=CCN(CCCCOc1ccc(Cc2ccccc2)cc1)C(C)(CC)C(=O)O. The molecule has 1 N–H and O–H groups in total. The summed E-state index contributed by atoms with van der Waals surface area (Å²) in [5.74, 6) is 0.0855. The molecule has 1 unspecified atom stereocenters. The van der Waals surface area contributed by atoms with Gasteiger partial charge in [-0.3, -0.25) is 9.69 Å². The fourth-order valence-corrected chi connectivity index (χ4v) is 3.34. The third-order valence-corrected chi connectivity index (χ3v) is 5.46. The van der Waals surface area contributed by atoms with Crippen LogP contribution in [0.1, 0.15) is 44.2 Å². The van der Waals surface area contributed by atoms with Gasteiger partial charge in [-0.15, -0.1) is 6.58 Å². The first-order valence-electron chi connectivity index (χ1n) is 10.3. The van der Waals surface area contributed by atoms with Crippen LogP contribution in [-0.4, -0.2) is 41.2 Å². The maximum absolute atomic E-state index is 11.7.